The van der Waals surface area contributed by atoms with Crippen LogP contribution < -0.4 is 10.2 Å². The zero-order chi connectivity index (χ0) is 22.0. The van der Waals surface area contributed by atoms with Crippen LogP contribution in [0, 0.1) is 0 Å². The molecule has 0 aromatic carbocycles. The fourth-order valence-electron chi connectivity index (χ4n) is 3.95. The van der Waals surface area contributed by atoms with E-state index in [1.54, 1.807) is 11.3 Å². The molecule has 1 atom stereocenters. The quantitative estimate of drug-likeness (QED) is 0.542. The average Bonchev–Trinajstić information content (AvgIpc) is 3.37. The van der Waals surface area contributed by atoms with Crippen molar-refractivity contribution in [3.8, 4) is 10.6 Å². The van der Waals surface area contributed by atoms with Crippen molar-refractivity contribution in [1.29, 1.82) is 0 Å². The van der Waals surface area contributed by atoms with E-state index in [9.17, 15) is 5.11 Å². The molecule has 3 aromatic heterocycles. The molecule has 31 heavy (non-hydrogen) atoms. The first-order chi connectivity index (χ1) is 14.9. The Morgan fingerprint density at radius 1 is 1.32 bits per heavy atom. The fourth-order valence-corrected chi connectivity index (χ4v) is 5.13. The van der Waals surface area contributed by atoms with Gasteiger partial charge in [0.15, 0.2) is 6.23 Å². The number of anilines is 2. The van der Waals surface area contributed by atoms with Crippen LogP contribution in [0.1, 0.15) is 52.7 Å². The van der Waals surface area contributed by atoms with Gasteiger partial charge in [0, 0.05) is 44.6 Å². The standard InChI is InChI=1S/C23H33N5O2S/c1-23(2,3)26-20-15-18(27(4)11-7-12-29)22-16(25-20)14-19(31-22)17-9-10-24-28(17)21-8-5-6-13-30-21/h9-10,14-15,21,29H,5-8,11-13H2,1-4H3,(H,25,26). The van der Waals surface area contributed by atoms with Gasteiger partial charge in [-0.05, 0) is 58.6 Å². The highest BCUT2D eigenvalue weighted by Crippen LogP contribution is 2.40. The maximum atomic E-state index is 9.30. The molecule has 0 aliphatic carbocycles. The minimum absolute atomic E-state index is 0.00161. The van der Waals surface area contributed by atoms with Crippen LogP contribution in [0.2, 0.25) is 0 Å². The molecule has 0 spiro atoms. The van der Waals surface area contributed by atoms with Gasteiger partial charge in [-0.2, -0.15) is 5.10 Å². The molecule has 168 valence electrons. The molecule has 8 heteroatoms. The Hall–Kier alpha value is -2.16. The van der Waals surface area contributed by atoms with Crippen molar-refractivity contribution in [2.75, 3.05) is 37.0 Å². The predicted octanol–water partition coefficient (Wildman–Crippen LogP) is 4.89. The van der Waals surface area contributed by atoms with Gasteiger partial charge < -0.3 is 20.1 Å². The summed E-state index contributed by atoms with van der Waals surface area (Å²) in [5, 5.41) is 17.4. The van der Waals surface area contributed by atoms with Gasteiger partial charge in [0.2, 0.25) is 0 Å². The Morgan fingerprint density at radius 2 is 2.16 bits per heavy atom. The lowest BCUT2D eigenvalue weighted by Crippen LogP contribution is -2.27. The van der Waals surface area contributed by atoms with Crippen molar-refractivity contribution in [1.82, 2.24) is 14.8 Å². The normalized spacial score (nSPS) is 17.3. The summed E-state index contributed by atoms with van der Waals surface area (Å²) in [6.07, 6.45) is 5.86. The Bertz CT molecular complexity index is 1020. The summed E-state index contributed by atoms with van der Waals surface area (Å²) in [5.74, 6) is 0.860. The zero-order valence-corrected chi connectivity index (χ0v) is 19.7. The van der Waals surface area contributed by atoms with Gasteiger partial charge >= 0.3 is 0 Å². The molecule has 2 N–H and O–H groups in total. The van der Waals surface area contributed by atoms with Gasteiger partial charge in [0.25, 0.3) is 0 Å². The lowest BCUT2D eigenvalue weighted by atomic mass is 10.1. The molecule has 1 fully saturated rings. The molecule has 1 aliphatic rings. The highest BCUT2D eigenvalue weighted by molar-refractivity contribution is 7.22. The lowest BCUT2D eigenvalue weighted by molar-refractivity contribution is -0.0383. The van der Waals surface area contributed by atoms with Gasteiger partial charge in [-0.1, -0.05) is 0 Å². The van der Waals surface area contributed by atoms with Crippen molar-refractivity contribution in [2.45, 2.75) is 58.2 Å². The van der Waals surface area contributed by atoms with Crippen LogP contribution in [0.15, 0.2) is 24.4 Å². The van der Waals surface area contributed by atoms with Gasteiger partial charge in [-0.3, -0.25) is 0 Å². The van der Waals surface area contributed by atoms with Crippen molar-refractivity contribution in [3.63, 3.8) is 0 Å². The van der Waals surface area contributed by atoms with Gasteiger partial charge in [0.1, 0.15) is 5.82 Å². The van der Waals surface area contributed by atoms with Crippen molar-refractivity contribution < 1.29 is 9.84 Å². The molecule has 0 amide bonds. The number of pyridine rings is 1. The van der Waals surface area contributed by atoms with E-state index in [0.717, 1.165) is 64.7 Å². The predicted molar refractivity (Wildman–Crippen MR) is 128 cm³/mol. The first kappa shape index (κ1) is 22.0. The van der Waals surface area contributed by atoms with Crippen LogP contribution in [0.3, 0.4) is 0 Å². The van der Waals surface area contributed by atoms with Gasteiger partial charge in [0.05, 0.1) is 26.5 Å². The molecule has 4 rings (SSSR count). The third-order valence-corrected chi connectivity index (χ3v) is 6.55. The highest BCUT2D eigenvalue weighted by atomic mass is 32.1. The average molecular weight is 444 g/mol. The van der Waals surface area contributed by atoms with E-state index in [-0.39, 0.29) is 18.4 Å². The second-order valence-electron chi connectivity index (χ2n) is 9.21. The van der Waals surface area contributed by atoms with Crippen molar-refractivity contribution in [3.05, 3.63) is 24.4 Å². The van der Waals surface area contributed by atoms with Crippen LogP contribution in [0.25, 0.3) is 20.8 Å². The fraction of sp³-hybridized carbons (Fsp3) is 0.565. The van der Waals surface area contributed by atoms with E-state index < -0.39 is 0 Å². The summed E-state index contributed by atoms with van der Waals surface area (Å²) in [5.41, 5.74) is 3.08. The monoisotopic (exact) mass is 443 g/mol. The number of fused-ring (bicyclic) bond motifs is 1. The molecule has 7 nitrogen and oxygen atoms in total. The number of aliphatic hydroxyl groups is 1. The number of nitrogens with zero attached hydrogens (tertiary/aromatic N) is 4. The van der Waals surface area contributed by atoms with Crippen molar-refractivity contribution >= 4 is 33.1 Å². The Kier molecular flexibility index (Phi) is 6.50. The number of aliphatic hydroxyl groups excluding tert-OH is 1. The van der Waals surface area contributed by atoms with E-state index in [4.69, 9.17) is 9.72 Å². The maximum Gasteiger partial charge on any atom is 0.150 e. The van der Waals surface area contributed by atoms with E-state index in [2.05, 4.69) is 61.3 Å². The molecule has 0 bridgehead atoms. The summed E-state index contributed by atoms with van der Waals surface area (Å²) < 4.78 is 9.15. The topological polar surface area (TPSA) is 75.4 Å². The summed E-state index contributed by atoms with van der Waals surface area (Å²) in [7, 11) is 2.07. The van der Waals surface area contributed by atoms with Gasteiger partial charge in [-0.25, -0.2) is 9.67 Å². The second kappa shape index (κ2) is 9.14. The number of rotatable bonds is 7. The number of hydrogen-bond acceptors (Lipinski definition) is 7. The van der Waals surface area contributed by atoms with Crippen LogP contribution in [0.5, 0.6) is 0 Å². The second-order valence-corrected chi connectivity index (χ2v) is 10.3. The molecule has 1 unspecified atom stereocenters. The number of aromatic nitrogens is 3. The van der Waals surface area contributed by atoms with E-state index >= 15 is 0 Å². The Balaban J connectivity index is 1.76. The van der Waals surface area contributed by atoms with Gasteiger partial charge in [-0.15, -0.1) is 11.3 Å². The van der Waals surface area contributed by atoms with Crippen LogP contribution in [-0.2, 0) is 4.74 Å². The lowest BCUT2D eigenvalue weighted by Gasteiger charge is -2.24. The van der Waals surface area contributed by atoms with E-state index in [1.807, 2.05) is 10.9 Å². The smallest absolute Gasteiger partial charge is 0.150 e. The minimum Gasteiger partial charge on any atom is -0.396 e. The van der Waals surface area contributed by atoms with Crippen LogP contribution >= 0.6 is 11.3 Å². The Labute approximate surface area is 188 Å². The van der Waals surface area contributed by atoms with E-state index in [0.29, 0.717) is 0 Å². The van der Waals surface area contributed by atoms with E-state index in [1.165, 1.54) is 6.42 Å². The molecular weight excluding hydrogens is 410 g/mol. The van der Waals surface area contributed by atoms with Crippen LogP contribution in [-0.4, -0.2) is 52.2 Å². The molecule has 1 saturated heterocycles. The summed E-state index contributed by atoms with van der Waals surface area (Å²) >= 11 is 1.74. The number of hydrogen-bond donors (Lipinski definition) is 2. The molecule has 0 radical (unpaired) electrons. The molecular formula is C23H33N5O2S. The summed E-state index contributed by atoms with van der Waals surface area (Å²) in [6, 6.07) is 6.34. The molecule has 0 saturated carbocycles. The highest BCUT2D eigenvalue weighted by Gasteiger charge is 2.22. The first-order valence-electron chi connectivity index (χ1n) is 11.1. The number of nitrogens with one attached hydrogen (secondary N) is 1. The first-order valence-corrected chi connectivity index (χ1v) is 11.9. The van der Waals surface area contributed by atoms with Crippen molar-refractivity contribution in [2.24, 2.45) is 0 Å². The molecule has 3 aromatic rings. The third-order valence-electron chi connectivity index (χ3n) is 5.38. The zero-order valence-electron chi connectivity index (χ0n) is 18.9. The number of ether oxygens (including phenoxy) is 1. The molecule has 4 heterocycles. The summed E-state index contributed by atoms with van der Waals surface area (Å²) in [4.78, 5) is 8.26. The minimum atomic E-state index is -0.0859. The number of thiophene rings is 1. The Morgan fingerprint density at radius 3 is 2.87 bits per heavy atom. The summed E-state index contributed by atoms with van der Waals surface area (Å²) in [6.45, 7) is 8.16. The molecule has 1 aliphatic heterocycles. The maximum absolute atomic E-state index is 9.30. The van der Waals surface area contributed by atoms with Crippen LogP contribution in [0.4, 0.5) is 11.5 Å². The third kappa shape index (κ3) is 5.02. The largest absolute Gasteiger partial charge is 0.396 e. The SMILES string of the molecule is CN(CCCO)c1cc(NC(C)(C)C)nc2cc(-c3ccnn3C3CCCCO3)sc12.